The third-order valence-electron chi connectivity index (χ3n) is 11.6. The first-order chi connectivity index (χ1) is 26.1. The molecule has 2 unspecified atom stereocenters. The normalized spacial score (nSPS) is 13.8. The Labute approximate surface area is 353 Å². The highest BCUT2D eigenvalue weighted by Gasteiger charge is 2.31. The molecule has 1 aromatic rings. The molecule has 1 rings (SSSR count). The predicted octanol–water partition coefficient (Wildman–Crippen LogP) is 16.8. The van der Waals surface area contributed by atoms with Crippen molar-refractivity contribution in [2.75, 3.05) is 0 Å². The number of unbranched alkanes of at least 4 members (excludes halogenated alkanes) is 22. The molecule has 0 aromatic heterocycles. The smallest absolute Gasteiger partial charge is 0.160 e. The van der Waals surface area contributed by atoms with E-state index in [1.54, 1.807) is 0 Å². The average Bonchev–Trinajstić information content (AvgIpc) is 3.10. The maximum absolute atomic E-state index is 11.4. The van der Waals surface area contributed by atoms with Crippen LogP contribution < -0.4 is 0 Å². The van der Waals surface area contributed by atoms with Crippen LogP contribution in [0.5, 0.6) is 5.75 Å². The molecule has 0 aliphatic carbocycles. The van der Waals surface area contributed by atoms with Crippen molar-refractivity contribution in [1.29, 1.82) is 0 Å². The van der Waals surface area contributed by atoms with E-state index < -0.39 is 0 Å². The van der Waals surface area contributed by atoms with Crippen molar-refractivity contribution in [3.8, 4) is 5.75 Å². The first-order valence-electron chi connectivity index (χ1n) is 23.4. The summed E-state index contributed by atoms with van der Waals surface area (Å²) in [5.41, 5.74) is 2.79. The summed E-state index contributed by atoms with van der Waals surface area (Å²) in [6.07, 6.45) is 34.1. The Balaban J connectivity index is 2.79. The Morgan fingerprint density at radius 3 is 1.05 bits per heavy atom. The first kappa shape index (κ1) is 51.8. The standard InChI is InChI=1S/C50H90O3S2/c1-11-13-15-17-19-21-23-25-27-29-31-33-35-46(54)52-40(3)43(37-42-38-44(49(5,6)7)48(51)45(39-42)50(8,9)10)41(4)53-47(55)36-34-32-30-28-26-24-22-20-18-16-14-12-2/h38-41,43,51H,11-37H2,1-10H3. The van der Waals surface area contributed by atoms with E-state index >= 15 is 0 Å². The zero-order valence-corrected chi connectivity index (χ0v) is 39.7. The van der Waals surface area contributed by atoms with E-state index in [9.17, 15) is 5.11 Å². The second-order valence-electron chi connectivity index (χ2n) is 19.1. The van der Waals surface area contributed by atoms with Crippen LogP contribution in [0, 0.1) is 5.92 Å². The Hall–Kier alpha value is -1.20. The number of phenols is 1. The average molecular weight is 803 g/mol. The summed E-state index contributed by atoms with van der Waals surface area (Å²) in [4.78, 5) is 0. The van der Waals surface area contributed by atoms with Crippen molar-refractivity contribution >= 4 is 34.5 Å². The van der Waals surface area contributed by atoms with Crippen LogP contribution in [0.15, 0.2) is 12.1 Å². The van der Waals surface area contributed by atoms with Gasteiger partial charge in [0.1, 0.15) is 18.0 Å². The lowest BCUT2D eigenvalue weighted by atomic mass is 9.77. The molecule has 0 spiro atoms. The highest BCUT2D eigenvalue weighted by Crippen LogP contribution is 2.40. The fourth-order valence-electron chi connectivity index (χ4n) is 7.87. The summed E-state index contributed by atoms with van der Waals surface area (Å²) in [5, 5.41) is 12.8. The third kappa shape index (κ3) is 24.4. The third-order valence-corrected chi connectivity index (χ3v) is 12.2. The Bertz CT molecular complexity index is 1060. The number of aromatic hydroxyl groups is 1. The fraction of sp³-hybridized carbons (Fsp3) is 0.840. The molecule has 0 fully saturated rings. The minimum Gasteiger partial charge on any atom is -0.507 e. The van der Waals surface area contributed by atoms with E-state index in [0.717, 1.165) is 43.2 Å². The lowest BCUT2D eigenvalue weighted by molar-refractivity contribution is 0.0471. The minimum atomic E-state index is -0.189. The highest BCUT2D eigenvalue weighted by molar-refractivity contribution is 7.80. The van der Waals surface area contributed by atoms with Crippen molar-refractivity contribution in [3.05, 3.63) is 28.8 Å². The second kappa shape index (κ2) is 29.9. The van der Waals surface area contributed by atoms with E-state index in [4.69, 9.17) is 33.9 Å². The highest BCUT2D eigenvalue weighted by atomic mass is 32.1. The number of hydrogen-bond acceptors (Lipinski definition) is 5. The van der Waals surface area contributed by atoms with E-state index in [-0.39, 0.29) is 29.0 Å². The van der Waals surface area contributed by atoms with Gasteiger partial charge in [-0.25, -0.2) is 0 Å². The summed E-state index contributed by atoms with van der Waals surface area (Å²) >= 11 is 11.7. The molecular weight excluding hydrogens is 713 g/mol. The number of rotatable bonds is 32. The number of hydrogen-bond donors (Lipinski definition) is 1. The van der Waals surface area contributed by atoms with Crippen LogP contribution >= 0.6 is 24.4 Å². The molecule has 0 aliphatic heterocycles. The van der Waals surface area contributed by atoms with Crippen molar-refractivity contribution < 1.29 is 14.6 Å². The molecule has 0 saturated heterocycles. The van der Waals surface area contributed by atoms with Crippen LogP contribution in [0.4, 0.5) is 0 Å². The van der Waals surface area contributed by atoms with Crippen molar-refractivity contribution in [1.82, 2.24) is 0 Å². The molecule has 0 radical (unpaired) electrons. The van der Waals surface area contributed by atoms with Gasteiger partial charge >= 0.3 is 0 Å². The van der Waals surface area contributed by atoms with Gasteiger partial charge in [0.25, 0.3) is 0 Å². The zero-order valence-electron chi connectivity index (χ0n) is 38.1. The van der Waals surface area contributed by atoms with E-state index in [2.05, 4.69) is 81.4 Å². The van der Waals surface area contributed by atoms with Crippen molar-refractivity contribution in [2.24, 2.45) is 5.92 Å². The maximum Gasteiger partial charge on any atom is 0.160 e. The predicted molar refractivity (Wildman–Crippen MR) is 250 cm³/mol. The Kier molecular flexibility index (Phi) is 28.2. The first-order valence-corrected chi connectivity index (χ1v) is 24.2. The summed E-state index contributed by atoms with van der Waals surface area (Å²) in [6, 6.07) is 4.40. The lowest BCUT2D eigenvalue weighted by Crippen LogP contribution is -2.36. The van der Waals surface area contributed by atoms with Gasteiger partial charge in [0.2, 0.25) is 0 Å². The van der Waals surface area contributed by atoms with E-state index in [0.29, 0.717) is 15.9 Å². The molecule has 55 heavy (non-hydrogen) atoms. The molecule has 0 heterocycles. The molecule has 0 bridgehead atoms. The SMILES string of the molecule is CCCCCCCCCCCCCCC(=S)OC(C)C(Cc1cc(C(C)(C)C)c(O)c(C(C)(C)C)c1)C(C)OC(=S)CCCCCCCCCCCCCC. The monoisotopic (exact) mass is 803 g/mol. The van der Waals surface area contributed by atoms with Crippen molar-refractivity contribution in [3.63, 3.8) is 0 Å². The number of phenolic OH excluding ortho intramolecular Hbond substituents is 1. The quantitative estimate of drug-likeness (QED) is 0.0580. The Morgan fingerprint density at radius 2 is 0.782 bits per heavy atom. The van der Waals surface area contributed by atoms with Crippen LogP contribution in [-0.4, -0.2) is 27.4 Å². The largest absolute Gasteiger partial charge is 0.507 e. The van der Waals surface area contributed by atoms with E-state index in [1.807, 2.05) is 0 Å². The molecule has 1 N–H and O–H groups in total. The van der Waals surface area contributed by atoms with Crippen LogP contribution in [0.25, 0.3) is 0 Å². The molecule has 0 saturated carbocycles. The maximum atomic E-state index is 11.4. The Morgan fingerprint density at radius 1 is 0.509 bits per heavy atom. The number of benzene rings is 1. The van der Waals surface area contributed by atoms with Gasteiger partial charge in [-0.1, -0.05) is 209 Å². The minimum absolute atomic E-state index is 0.0463. The van der Waals surface area contributed by atoms with Gasteiger partial charge in [-0.2, -0.15) is 0 Å². The molecule has 0 aliphatic rings. The second-order valence-corrected chi connectivity index (χ2v) is 20.0. The van der Waals surface area contributed by atoms with Crippen LogP contribution in [-0.2, 0) is 26.7 Å². The van der Waals surface area contributed by atoms with Gasteiger partial charge in [-0.15, -0.1) is 0 Å². The number of ether oxygens (including phenoxy) is 2. The topological polar surface area (TPSA) is 38.7 Å². The summed E-state index contributed by atoms with van der Waals surface area (Å²) < 4.78 is 13.1. The number of thiocarbonyl (C=S) groups is 2. The van der Waals surface area contributed by atoms with Gasteiger partial charge in [0, 0.05) is 18.8 Å². The summed E-state index contributed by atoms with van der Waals surface area (Å²) in [5.74, 6) is 0.464. The molecular formula is C50H90O3S2. The lowest BCUT2D eigenvalue weighted by Gasteiger charge is -2.32. The van der Waals surface area contributed by atoms with Gasteiger partial charge < -0.3 is 14.6 Å². The molecule has 2 atom stereocenters. The fourth-order valence-corrected chi connectivity index (χ4v) is 8.46. The zero-order chi connectivity index (χ0) is 41.1. The van der Waals surface area contributed by atoms with Gasteiger partial charge in [-0.05, 0) is 85.1 Å². The van der Waals surface area contributed by atoms with Crippen molar-refractivity contribution in [2.45, 2.75) is 266 Å². The van der Waals surface area contributed by atoms with Crippen LogP contribution in [0.3, 0.4) is 0 Å². The molecule has 320 valence electrons. The molecule has 1 aromatic carbocycles. The molecule has 5 heteroatoms. The van der Waals surface area contributed by atoms with Gasteiger partial charge in [0.05, 0.1) is 0 Å². The summed E-state index contributed by atoms with van der Waals surface area (Å²) in [6.45, 7) is 21.9. The van der Waals surface area contributed by atoms with Gasteiger partial charge in [-0.3, -0.25) is 0 Å². The molecule has 3 nitrogen and oxygen atoms in total. The molecule has 0 amide bonds. The van der Waals surface area contributed by atoms with Crippen LogP contribution in [0.1, 0.15) is 253 Å². The van der Waals surface area contributed by atoms with Gasteiger partial charge in [0.15, 0.2) is 10.1 Å². The van der Waals surface area contributed by atoms with E-state index in [1.165, 1.54) is 147 Å². The summed E-state index contributed by atoms with van der Waals surface area (Å²) in [7, 11) is 0. The van der Waals surface area contributed by atoms with Crippen LogP contribution in [0.2, 0.25) is 0 Å².